The van der Waals surface area contributed by atoms with E-state index in [1.165, 1.54) is 5.54 Å². The summed E-state index contributed by atoms with van der Waals surface area (Å²) in [5.41, 5.74) is 1.46. The van der Waals surface area contributed by atoms with Crippen molar-refractivity contribution in [3.05, 3.63) is 11.6 Å². The number of hydrogen-bond donors (Lipinski definition) is 1. The van der Waals surface area contributed by atoms with E-state index in [2.05, 4.69) is 5.32 Å². The first-order valence-electron chi connectivity index (χ1n) is 3.32. The van der Waals surface area contributed by atoms with E-state index in [0.29, 0.717) is 6.61 Å². The molecule has 1 unspecified atom stereocenters. The highest BCUT2D eigenvalue weighted by Crippen LogP contribution is 1.88. The minimum Gasteiger partial charge on any atom is -0.373 e. The van der Waals surface area contributed by atoms with Crippen molar-refractivity contribution < 1.29 is 4.74 Å². The summed E-state index contributed by atoms with van der Waals surface area (Å²) in [5, 5.41) is 3.01. The van der Waals surface area contributed by atoms with E-state index < -0.39 is 0 Å². The predicted octanol–water partition coefficient (Wildman–Crippen LogP) is 1.36. The number of nitrogens with one attached hydrogen (secondary N) is 1. The zero-order valence-electron chi connectivity index (χ0n) is 6.43. The number of ether oxygens (including phenoxy) is 1. The van der Waals surface area contributed by atoms with Crippen LogP contribution in [0.5, 0.6) is 0 Å². The van der Waals surface area contributed by atoms with Crippen LogP contribution >= 0.6 is 11.6 Å². The van der Waals surface area contributed by atoms with Crippen molar-refractivity contribution in [3.63, 3.8) is 0 Å². The molecule has 0 aromatic heterocycles. The van der Waals surface area contributed by atoms with Crippen LogP contribution in [0.1, 0.15) is 6.92 Å². The minimum atomic E-state index is 0.248. The Kier molecular flexibility index (Phi) is 7.03. The van der Waals surface area contributed by atoms with Gasteiger partial charge in [0.1, 0.15) is 0 Å². The van der Waals surface area contributed by atoms with E-state index >= 15 is 0 Å². The van der Waals surface area contributed by atoms with Gasteiger partial charge in [-0.2, -0.15) is 0 Å². The Balaban J connectivity index is 3.12. The lowest BCUT2D eigenvalue weighted by Gasteiger charge is -2.09. The Bertz CT molecular complexity index is 95.6. The molecule has 60 valence electrons. The first-order valence-corrected chi connectivity index (χ1v) is 3.76. The van der Waals surface area contributed by atoms with Gasteiger partial charge in [-0.25, -0.2) is 0 Å². The third-order valence-electron chi connectivity index (χ3n) is 1.06. The Hall–Kier alpha value is -0.0500. The third kappa shape index (κ3) is 6.08. The molecule has 0 radical (unpaired) electrons. The maximum atomic E-state index is 5.29. The largest absolute Gasteiger partial charge is 0.373 e. The molecule has 10 heavy (non-hydrogen) atoms. The van der Waals surface area contributed by atoms with Gasteiger partial charge in [0.2, 0.25) is 0 Å². The van der Waals surface area contributed by atoms with Crippen LogP contribution in [0, 0.1) is 0 Å². The zero-order chi connectivity index (χ0) is 7.82. The summed E-state index contributed by atoms with van der Waals surface area (Å²) in [6.07, 6.45) is 2.02. The lowest BCUT2D eigenvalue weighted by Crippen LogP contribution is -2.23. The lowest BCUT2D eigenvalue weighted by atomic mass is 10.4. The minimum absolute atomic E-state index is 0.248. The van der Waals surface area contributed by atoms with Crippen molar-refractivity contribution >= 4 is 11.6 Å². The molecule has 0 aromatic rings. The quantitative estimate of drug-likeness (QED) is 0.661. The van der Waals surface area contributed by atoms with E-state index in [-0.39, 0.29) is 6.10 Å². The van der Waals surface area contributed by atoms with Crippen molar-refractivity contribution in [2.24, 2.45) is 0 Å². The molecule has 2 nitrogen and oxygen atoms in total. The van der Waals surface area contributed by atoms with Crippen LogP contribution in [-0.2, 0) is 4.74 Å². The summed E-state index contributed by atoms with van der Waals surface area (Å²) < 4.78 is 5.29. The highest BCUT2D eigenvalue weighted by atomic mass is 35.5. The standard InChI is InChI=1S/C7H14ClNO/c1-7(6-9-2)10-5-3-4-8/h3-4,7,9H,5-6H2,1-2H3/b4-3+. The molecule has 0 heterocycles. The highest BCUT2D eigenvalue weighted by Gasteiger charge is 1.96. The molecule has 0 saturated heterocycles. The van der Waals surface area contributed by atoms with E-state index in [4.69, 9.17) is 16.3 Å². The average Bonchev–Trinajstić information content (AvgIpc) is 1.89. The van der Waals surface area contributed by atoms with Crippen molar-refractivity contribution in [1.29, 1.82) is 0 Å². The maximum Gasteiger partial charge on any atom is 0.0675 e. The van der Waals surface area contributed by atoms with Gasteiger partial charge in [0.15, 0.2) is 0 Å². The van der Waals surface area contributed by atoms with Gasteiger partial charge in [-0.3, -0.25) is 0 Å². The normalized spacial score (nSPS) is 14.3. The molecule has 1 atom stereocenters. The molecular formula is C7H14ClNO. The van der Waals surface area contributed by atoms with Gasteiger partial charge in [0, 0.05) is 12.1 Å². The number of likely N-dealkylation sites (N-methyl/N-ethyl adjacent to an activating group) is 1. The van der Waals surface area contributed by atoms with Crippen LogP contribution in [0.25, 0.3) is 0 Å². The summed E-state index contributed by atoms with van der Waals surface area (Å²) in [6.45, 7) is 3.47. The summed E-state index contributed by atoms with van der Waals surface area (Å²) in [6, 6.07) is 0. The van der Waals surface area contributed by atoms with E-state index in [1.807, 2.05) is 14.0 Å². The fourth-order valence-corrected chi connectivity index (χ4v) is 0.675. The second-order valence-electron chi connectivity index (χ2n) is 2.06. The molecule has 0 aliphatic heterocycles. The lowest BCUT2D eigenvalue weighted by molar-refractivity contribution is 0.0895. The molecule has 0 aliphatic carbocycles. The fraction of sp³-hybridized carbons (Fsp3) is 0.714. The first-order chi connectivity index (χ1) is 4.81. The van der Waals surface area contributed by atoms with Crippen LogP contribution in [0.15, 0.2) is 11.6 Å². The van der Waals surface area contributed by atoms with E-state index in [1.54, 1.807) is 6.08 Å². The number of halogens is 1. The molecular weight excluding hydrogens is 150 g/mol. The van der Waals surface area contributed by atoms with Crippen LogP contribution in [0.3, 0.4) is 0 Å². The van der Waals surface area contributed by atoms with Crippen molar-refractivity contribution in [1.82, 2.24) is 5.32 Å². The maximum absolute atomic E-state index is 5.29. The molecule has 3 heteroatoms. The fourth-order valence-electron chi connectivity index (χ4n) is 0.603. The number of hydrogen-bond acceptors (Lipinski definition) is 2. The Morgan fingerprint density at radius 1 is 1.70 bits per heavy atom. The van der Waals surface area contributed by atoms with E-state index in [9.17, 15) is 0 Å². The Morgan fingerprint density at radius 2 is 2.40 bits per heavy atom. The molecule has 1 N–H and O–H groups in total. The van der Waals surface area contributed by atoms with Gasteiger partial charge in [-0.1, -0.05) is 11.6 Å². The summed E-state index contributed by atoms with van der Waals surface area (Å²) in [7, 11) is 1.90. The van der Waals surface area contributed by atoms with Crippen LogP contribution in [0.2, 0.25) is 0 Å². The van der Waals surface area contributed by atoms with Crippen molar-refractivity contribution in [2.45, 2.75) is 13.0 Å². The second-order valence-corrected chi connectivity index (χ2v) is 2.32. The SMILES string of the molecule is CNCC(C)OC/C=C/Cl. The summed E-state index contributed by atoms with van der Waals surface area (Å²) in [4.78, 5) is 0. The summed E-state index contributed by atoms with van der Waals surface area (Å²) >= 11 is 5.29. The summed E-state index contributed by atoms with van der Waals surface area (Å²) in [5.74, 6) is 0. The average molecular weight is 164 g/mol. The topological polar surface area (TPSA) is 21.3 Å². The third-order valence-corrected chi connectivity index (χ3v) is 1.24. The Morgan fingerprint density at radius 3 is 2.90 bits per heavy atom. The molecule has 0 rings (SSSR count). The molecule has 0 saturated carbocycles. The molecule has 0 aliphatic rings. The van der Waals surface area contributed by atoms with Gasteiger partial charge in [-0.05, 0) is 20.0 Å². The van der Waals surface area contributed by atoms with Crippen molar-refractivity contribution in [3.8, 4) is 0 Å². The van der Waals surface area contributed by atoms with Gasteiger partial charge < -0.3 is 10.1 Å². The first kappa shape index (κ1) is 9.95. The van der Waals surface area contributed by atoms with Gasteiger partial charge in [0.25, 0.3) is 0 Å². The molecule has 0 fully saturated rings. The molecule has 0 spiro atoms. The molecule has 0 amide bonds. The Labute approximate surface area is 67.2 Å². The molecule has 0 bridgehead atoms. The monoisotopic (exact) mass is 163 g/mol. The number of rotatable bonds is 5. The second kappa shape index (κ2) is 7.06. The highest BCUT2D eigenvalue weighted by molar-refractivity contribution is 6.25. The van der Waals surface area contributed by atoms with Crippen LogP contribution < -0.4 is 5.32 Å². The smallest absolute Gasteiger partial charge is 0.0675 e. The zero-order valence-corrected chi connectivity index (χ0v) is 7.19. The van der Waals surface area contributed by atoms with Crippen molar-refractivity contribution in [2.75, 3.05) is 20.2 Å². The van der Waals surface area contributed by atoms with Gasteiger partial charge >= 0.3 is 0 Å². The van der Waals surface area contributed by atoms with E-state index in [0.717, 1.165) is 6.54 Å². The molecule has 0 aromatic carbocycles. The van der Waals surface area contributed by atoms with Crippen LogP contribution in [-0.4, -0.2) is 26.3 Å². The van der Waals surface area contributed by atoms with Gasteiger partial charge in [-0.15, -0.1) is 0 Å². The van der Waals surface area contributed by atoms with Crippen LogP contribution in [0.4, 0.5) is 0 Å². The predicted molar refractivity (Wildman–Crippen MR) is 44.3 cm³/mol. The van der Waals surface area contributed by atoms with Gasteiger partial charge in [0.05, 0.1) is 12.7 Å².